The second-order valence-corrected chi connectivity index (χ2v) is 12.8. The number of nitrogens with one attached hydrogen (secondary N) is 2. The number of esters is 1. The molecule has 12 nitrogen and oxygen atoms in total. The topological polar surface area (TPSA) is 130 Å². The van der Waals surface area contributed by atoms with E-state index in [1.165, 1.54) is 12.0 Å². The molecule has 2 amide bonds. The van der Waals surface area contributed by atoms with Crippen LogP contribution >= 0.6 is 24.8 Å². The van der Waals surface area contributed by atoms with E-state index in [4.69, 9.17) is 14.2 Å². The minimum atomic E-state index is -0.559. The number of hydrogen-bond donors (Lipinski definition) is 2. The number of allylic oxidation sites excluding steroid dienone is 1. The molecule has 1 saturated heterocycles. The number of piperazine rings is 1. The first-order valence-corrected chi connectivity index (χ1v) is 17.4. The van der Waals surface area contributed by atoms with E-state index < -0.39 is 6.04 Å². The molecule has 1 fully saturated rings. The molecule has 5 rings (SSSR count). The number of carbonyl (C=O) groups excluding carboxylic acids is 4. The van der Waals surface area contributed by atoms with Crippen LogP contribution in [0.5, 0.6) is 11.5 Å². The van der Waals surface area contributed by atoms with Crippen molar-refractivity contribution in [1.29, 1.82) is 0 Å². The lowest BCUT2D eigenvalue weighted by Crippen LogP contribution is -2.44. The van der Waals surface area contributed by atoms with Crippen molar-refractivity contribution in [3.05, 3.63) is 82.5 Å². The monoisotopic (exact) mass is 769 g/mol. The van der Waals surface area contributed by atoms with Gasteiger partial charge in [-0.25, -0.2) is 9.59 Å². The maximum atomic E-state index is 13.8. The van der Waals surface area contributed by atoms with Gasteiger partial charge in [0.2, 0.25) is 0 Å². The zero-order valence-corrected chi connectivity index (χ0v) is 32.5. The molecule has 53 heavy (non-hydrogen) atoms. The fraction of sp³-hybridized carbons (Fsp3) is 0.410. The van der Waals surface area contributed by atoms with E-state index in [0.717, 1.165) is 55.8 Å². The third-order valence-corrected chi connectivity index (χ3v) is 9.28. The van der Waals surface area contributed by atoms with Crippen LogP contribution in [-0.4, -0.2) is 100 Å². The Kier molecular flexibility index (Phi) is 16.0. The van der Waals surface area contributed by atoms with Gasteiger partial charge >= 0.3 is 5.97 Å². The molecule has 0 saturated carbocycles. The number of fused-ring (bicyclic) bond motifs is 1. The van der Waals surface area contributed by atoms with Crippen molar-refractivity contribution in [2.24, 2.45) is 0 Å². The highest BCUT2D eigenvalue weighted by molar-refractivity contribution is 6.09. The van der Waals surface area contributed by atoms with E-state index in [2.05, 4.69) is 33.4 Å². The minimum absolute atomic E-state index is 0. The van der Waals surface area contributed by atoms with Crippen LogP contribution in [0.3, 0.4) is 0 Å². The van der Waals surface area contributed by atoms with Crippen LogP contribution < -0.4 is 25.0 Å². The second kappa shape index (κ2) is 19.9. The van der Waals surface area contributed by atoms with Gasteiger partial charge in [0.15, 0.2) is 0 Å². The highest BCUT2D eigenvalue weighted by Gasteiger charge is 2.31. The molecule has 2 aliphatic rings. The van der Waals surface area contributed by atoms with Crippen molar-refractivity contribution >= 4 is 65.6 Å². The Morgan fingerprint density at radius 2 is 1.75 bits per heavy atom. The molecule has 3 aromatic carbocycles. The van der Waals surface area contributed by atoms with Gasteiger partial charge in [-0.1, -0.05) is 12.1 Å². The van der Waals surface area contributed by atoms with Crippen LogP contribution in [0.15, 0.2) is 60.3 Å². The molecule has 2 heterocycles. The van der Waals surface area contributed by atoms with Gasteiger partial charge in [-0.3, -0.25) is 9.59 Å². The predicted octanol–water partition coefficient (Wildman–Crippen LogP) is 5.79. The molecule has 286 valence electrons. The summed E-state index contributed by atoms with van der Waals surface area (Å²) < 4.78 is 16.9. The number of amides is 2. The Morgan fingerprint density at radius 3 is 2.45 bits per heavy atom. The number of rotatable bonds is 14. The van der Waals surface area contributed by atoms with E-state index in [9.17, 15) is 19.2 Å². The summed E-state index contributed by atoms with van der Waals surface area (Å²) in [5, 5.41) is 6.04. The smallest absolute Gasteiger partial charge is 0.328 e. The summed E-state index contributed by atoms with van der Waals surface area (Å²) in [7, 11) is 5.24. The molecular weight excluding hydrogens is 721 g/mol. The van der Waals surface area contributed by atoms with Crippen molar-refractivity contribution in [2.45, 2.75) is 45.6 Å². The number of methoxy groups -OCH3 is 1. The molecule has 1 unspecified atom stereocenters. The molecule has 14 heteroatoms. The van der Waals surface area contributed by atoms with Crippen molar-refractivity contribution in [3.8, 4) is 11.5 Å². The summed E-state index contributed by atoms with van der Waals surface area (Å²) >= 11 is 0. The normalized spacial score (nSPS) is 14.7. The quantitative estimate of drug-likeness (QED) is 0.118. The largest absolute Gasteiger partial charge is 0.495 e. The van der Waals surface area contributed by atoms with Gasteiger partial charge in [0, 0.05) is 56.5 Å². The average molecular weight is 771 g/mol. The van der Waals surface area contributed by atoms with Crippen molar-refractivity contribution < 1.29 is 33.4 Å². The Balaban J connectivity index is 0.00000378. The number of aryl methyl sites for hydroxylation is 1. The van der Waals surface area contributed by atoms with E-state index in [-0.39, 0.29) is 49.2 Å². The maximum absolute atomic E-state index is 13.8. The zero-order chi connectivity index (χ0) is 36.5. The first-order chi connectivity index (χ1) is 24.6. The molecule has 1 atom stereocenters. The third-order valence-electron chi connectivity index (χ3n) is 9.28. The number of anilines is 3. The third kappa shape index (κ3) is 10.4. The summed E-state index contributed by atoms with van der Waals surface area (Å²) in [6, 6.07) is 15.3. The van der Waals surface area contributed by atoms with E-state index in [0.29, 0.717) is 59.1 Å². The minimum Gasteiger partial charge on any atom is -0.495 e. The molecular formula is C39H49Cl2N5O7. The lowest BCUT2D eigenvalue weighted by molar-refractivity contribution is -0.143. The number of halogens is 2. The first-order valence-electron chi connectivity index (χ1n) is 17.4. The SMILES string of the molecule is CCOC(=O)C1Cc2c(cccc2C(=O)Nc2ccc(C(=O)N(C)c3ccc(C)cc3OCCCCC(=C=O)N3CCN(C)CC3)cc2OC)N1.Cl.Cl. The highest BCUT2D eigenvalue weighted by atomic mass is 35.5. The van der Waals surface area contributed by atoms with Crippen LogP contribution in [0.2, 0.25) is 0 Å². The molecule has 0 radical (unpaired) electrons. The Morgan fingerprint density at radius 1 is 1.00 bits per heavy atom. The number of carbonyl (C=O) groups is 3. The fourth-order valence-electron chi connectivity index (χ4n) is 6.34. The standard InChI is InChI=1S/C39H47N5O7.2ClH/c1-6-50-39(48)33-24-30-29(11-9-12-31(30)40-33)37(46)41-32-15-14-27(23-35(32)49-5)38(47)43(4)34-16-13-26(2)22-36(34)51-21-8-7-10-28(25-45)44-19-17-42(3)18-20-44;;/h9,11-16,22-23,33,40H,6-8,10,17-21,24H2,1-5H3,(H,41,46);2*1H. The Labute approximate surface area is 323 Å². The summed E-state index contributed by atoms with van der Waals surface area (Å²) in [5.74, 6) is 2.03. The molecule has 0 bridgehead atoms. The number of hydrogen-bond acceptors (Lipinski definition) is 10. The summed E-state index contributed by atoms with van der Waals surface area (Å²) in [4.78, 5) is 57.1. The molecule has 2 aliphatic heterocycles. The molecule has 0 aliphatic carbocycles. The van der Waals surface area contributed by atoms with Crippen molar-refractivity contribution in [3.63, 3.8) is 0 Å². The van der Waals surface area contributed by atoms with Crippen LogP contribution in [0.1, 0.15) is 58.0 Å². The molecule has 3 aromatic rings. The van der Waals surface area contributed by atoms with Gasteiger partial charge in [-0.15, -0.1) is 24.8 Å². The van der Waals surface area contributed by atoms with Crippen molar-refractivity contribution in [2.75, 3.05) is 76.1 Å². The summed E-state index contributed by atoms with van der Waals surface area (Å²) in [5.41, 5.74) is 4.94. The molecule has 2 N–H and O–H groups in total. The fourth-order valence-corrected chi connectivity index (χ4v) is 6.34. The van der Waals surface area contributed by atoms with E-state index >= 15 is 0 Å². The Hall–Kier alpha value is -4.74. The maximum Gasteiger partial charge on any atom is 0.328 e. The average Bonchev–Trinajstić information content (AvgIpc) is 3.58. The van der Waals surface area contributed by atoms with E-state index in [1.54, 1.807) is 44.3 Å². The van der Waals surface area contributed by atoms with Crippen molar-refractivity contribution in [1.82, 2.24) is 9.80 Å². The highest BCUT2D eigenvalue weighted by Crippen LogP contribution is 2.34. The Bertz CT molecular complexity index is 1810. The number of nitrogens with zero attached hydrogens (tertiary/aromatic N) is 3. The van der Waals surface area contributed by atoms with Gasteiger partial charge < -0.3 is 39.5 Å². The number of likely N-dealkylation sites (N-methyl/N-ethyl adjacent to an activating group) is 1. The number of ether oxygens (including phenoxy) is 3. The van der Waals surface area contributed by atoms with Gasteiger partial charge in [-0.05, 0) is 93.7 Å². The number of unbranched alkanes of at least 4 members (excludes halogenated alkanes) is 1. The lowest BCUT2D eigenvalue weighted by Gasteiger charge is -2.34. The van der Waals surface area contributed by atoms with Crippen LogP contribution in [-0.2, 0) is 20.7 Å². The predicted molar refractivity (Wildman–Crippen MR) is 211 cm³/mol. The van der Waals surface area contributed by atoms with Gasteiger partial charge in [0.25, 0.3) is 11.8 Å². The second-order valence-electron chi connectivity index (χ2n) is 12.8. The number of benzene rings is 3. The zero-order valence-electron chi connectivity index (χ0n) is 30.9. The molecule has 0 spiro atoms. The first kappa shape index (κ1) is 42.7. The van der Waals surface area contributed by atoms with Gasteiger partial charge in [0.1, 0.15) is 23.5 Å². The van der Waals surface area contributed by atoms with Crippen LogP contribution in [0, 0.1) is 6.92 Å². The van der Waals surface area contributed by atoms with Gasteiger partial charge in [0.05, 0.1) is 37.4 Å². The summed E-state index contributed by atoms with van der Waals surface area (Å²) in [6.45, 7) is 7.95. The summed E-state index contributed by atoms with van der Waals surface area (Å²) in [6.07, 6.45) is 2.50. The van der Waals surface area contributed by atoms with Crippen LogP contribution in [0.4, 0.5) is 17.1 Å². The van der Waals surface area contributed by atoms with Gasteiger partial charge in [-0.2, -0.15) is 0 Å². The van der Waals surface area contributed by atoms with Crippen LogP contribution in [0.25, 0.3) is 0 Å². The lowest BCUT2D eigenvalue weighted by atomic mass is 10.0. The van der Waals surface area contributed by atoms with E-state index in [1.807, 2.05) is 31.2 Å². The molecule has 0 aromatic heterocycles.